The molecule has 2 aromatic carbocycles. The minimum absolute atomic E-state index is 0.141. The maximum atomic E-state index is 12.9. The van der Waals surface area contributed by atoms with Crippen molar-refractivity contribution >= 4 is 21.6 Å². The van der Waals surface area contributed by atoms with Crippen LogP contribution in [0.2, 0.25) is 0 Å². The SMILES string of the molecule is O=C(O)C(CCc1ccccc1)NS(=O)(=O)c1ccc2c(c1)CC1=C2CCCC1. The highest BCUT2D eigenvalue weighted by molar-refractivity contribution is 7.89. The van der Waals surface area contributed by atoms with Crippen LogP contribution >= 0.6 is 0 Å². The number of hydrogen-bond acceptors (Lipinski definition) is 3. The number of rotatable bonds is 7. The Morgan fingerprint density at radius 3 is 2.59 bits per heavy atom. The molecule has 4 rings (SSSR count). The molecule has 5 nitrogen and oxygen atoms in total. The predicted molar refractivity (Wildman–Crippen MR) is 112 cm³/mol. The van der Waals surface area contributed by atoms with Gasteiger partial charge in [0.05, 0.1) is 4.90 Å². The van der Waals surface area contributed by atoms with Gasteiger partial charge in [0.2, 0.25) is 10.0 Å². The number of nitrogens with one attached hydrogen (secondary N) is 1. The van der Waals surface area contributed by atoms with Crippen molar-refractivity contribution < 1.29 is 18.3 Å². The Balaban J connectivity index is 1.50. The third-order valence-corrected chi connectivity index (χ3v) is 7.33. The summed E-state index contributed by atoms with van der Waals surface area (Å²) in [6, 6.07) is 13.5. The fraction of sp³-hybridized carbons (Fsp3) is 0.348. The van der Waals surface area contributed by atoms with Crippen molar-refractivity contribution in [2.24, 2.45) is 0 Å². The molecule has 0 aromatic heterocycles. The molecule has 1 unspecified atom stereocenters. The number of allylic oxidation sites excluding steroid dienone is 2. The Bertz CT molecular complexity index is 1060. The molecule has 0 heterocycles. The fourth-order valence-corrected chi connectivity index (χ4v) is 5.61. The smallest absolute Gasteiger partial charge is 0.321 e. The van der Waals surface area contributed by atoms with Gasteiger partial charge >= 0.3 is 5.97 Å². The molecule has 6 heteroatoms. The van der Waals surface area contributed by atoms with Gasteiger partial charge in [0.15, 0.2) is 0 Å². The lowest BCUT2D eigenvalue weighted by Gasteiger charge is -2.16. The number of carboxylic acids is 1. The Kier molecular flexibility index (Phi) is 5.56. The van der Waals surface area contributed by atoms with Crippen molar-refractivity contribution in [2.75, 3.05) is 0 Å². The van der Waals surface area contributed by atoms with E-state index in [-0.39, 0.29) is 11.3 Å². The number of carbonyl (C=O) groups is 1. The zero-order valence-electron chi connectivity index (χ0n) is 16.2. The number of aliphatic carboxylic acids is 1. The van der Waals surface area contributed by atoms with E-state index in [9.17, 15) is 18.3 Å². The zero-order chi connectivity index (χ0) is 20.4. The molecule has 0 saturated heterocycles. The minimum atomic E-state index is -3.91. The molecule has 0 saturated carbocycles. The second-order valence-electron chi connectivity index (χ2n) is 7.82. The van der Waals surface area contributed by atoms with Crippen LogP contribution in [0.25, 0.3) is 5.57 Å². The maximum absolute atomic E-state index is 12.9. The molecular weight excluding hydrogens is 386 g/mol. The fourth-order valence-electron chi connectivity index (χ4n) is 4.34. The number of benzene rings is 2. The van der Waals surface area contributed by atoms with Gasteiger partial charge in [-0.2, -0.15) is 4.72 Å². The first kappa shape index (κ1) is 19.9. The quantitative estimate of drug-likeness (QED) is 0.723. The maximum Gasteiger partial charge on any atom is 0.321 e. The molecular formula is C23H25NO4S. The van der Waals surface area contributed by atoms with Crippen molar-refractivity contribution in [1.29, 1.82) is 0 Å². The van der Waals surface area contributed by atoms with E-state index in [1.807, 2.05) is 36.4 Å². The van der Waals surface area contributed by atoms with Crippen molar-refractivity contribution in [3.63, 3.8) is 0 Å². The van der Waals surface area contributed by atoms with Crippen molar-refractivity contribution in [3.8, 4) is 0 Å². The molecule has 0 radical (unpaired) electrons. The monoisotopic (exact) mass is 411 g/mol. The van der Waals surface area contributed by atoms with Crippen LogP contribution < -0.4 is 4.72 Å². The van der Waals surface area contributed by atoms with Gasteiger partial charge in [-0.1, -0.05) is 42.0 Å². The van der Waals surface area contributed by atoms with E-state index in [1.165, 1.54) is 24.0 Å². The van der Waals surface area contributed by atoms with E-state index in [1.54, 1.807) is 12.1 Å². The van der Waals surface area contributed by atoms with Gasteiger partial charge in [0.25, 0.3) is 0 Å². The van der Waals surface area contributed by atoms with Crippen LogP contribution in [-0.4, -0.2) is 25.5 Å². The summed E-state index contributed by atoms with van der Waals surface area (Å²) >= 11 is 0. The number of hydrogen-bond donors (Lipinski definition) is 2. The molecule has 0 spiro atoms. The third kappa shape index (κ3) is 4.28. The summed E-state index contributed by atoms with van der Waals surface area (Å²) in [7, 11) is -3.91. The molecule has 2 aliphatic rings. The number of aryl methyl sites for hydroxylation is 1. The number of fused-ring (bicyclic) bond motifs is 2. The van der Waals surface area contributed by atoms with Gasteiger partial charge in [0.1, 0.15) is 6.04 Å². The Labute approximate surface area is 171 Å². The lowest BCUT2D eigenvalue weighted by atomic mass is 9.92. The molecule has 152 valence electrons. The van der Waals surface area contributed by atoms with Gasteiger partial charge in [-0.3, -0.25) is 4.79 Å². The van der Waals surface area contributed by atoms with E-state index in [0.717, 1.165) is 36.0 Å². The van der Waals surface area contributed by atoms with Gasteiger partial charge in [-0.25, -0.2) is 8.42 Å². The lowest BCUT2D eigenvalue weighted by Crippen LogP contribution is -2.41. The molecule has 1 atom stereocenters. The standard InChI is InChI=1S/C23H25NO4S/c25-23(26)22(13-10-16-6-2-1-3-7-16)24-29(27,28)19-11-12-21-18(15-19)14-17-8-4-5-9-20(17)21/h1-3,6-7,11-12,15,22,24H,4-5,8-10,13-14H2,(H,25,26). The van der Waals surface area contributed by atoms with E-state index in [2.05, 4.69) is 4.72 Å². The summed E-state index contributed by atoms with van der Waals surface area (Å²) in [4.78, 5) is 11.8. The summed E-state index contributed by atoms with van der Waals surface area (Å²) in [6.07, 6.45) is 6.02. The van der Waals surface area contributed by atoms with Crippen LogP contribution in [-0.2, 0) is 27.7 Å². The van der Waals surface area contributed by atoms with E-state index < -0.39 is 22.0 Å². The molecule has 2 N–H and O–H groups in total. The van der Waals surface area contributed by atoms with Crippen LogP contribution in [0, 0.1) is 0 Å². The molecule has 0 bridgehead atoms. The largest absolute Gasteiger partial charge is 0.480 e. The van der Waals surface area contributed by atoms with E-state index >= 15 is 0 Å². The molecule has 2 aromatic rings. The van der Waals surface area contributed by atoms with Gasteiger partial charge in [0, 0.05) is 0 Å². The first-order chi connectivity index (χ1) is 13.9. The van der Waals surface area contributed by atoms with Gasteiger partial charge < -0.3 is 5.11 Å². The van der Waals surface area contributed by atoms with Gasteiger partial charge in [-0.15, -0.1) is 0 Å². The normalized spacial score (nSPS) is 17.0. The Morgan fingerprint density at radius 1 is 1.07 bits per heavy atom. The lowest BCUT2D eigenvalue weighted by molar-refractivity contribution is -0.139. The summed E-state index contributed by atoms with van der Waals surface area (Å²) in [5, 5.41) is 9.52. The van der Waals surface area contributed by atoms with E-state index in [0.29, 0.717) is 6.42 Å². The van der Waals surface area contributed by atoms with Gasteiger partial charge in [-0.05, 0) is 79.3 Å². The average Bonchev–Trinajstić information content (AvgIpc) is 3.09. The highest BCUT2D eigenvalue weighted by Crippen LogP contribution is 2.42. The Morgan fingerprint density at radius 2 is 1.83 bits per heavy atom. The third-order valence-electron chi connectivity index (χ3n) is 5.86. The van der Waals surface area contributed by atoms with E-state index in [4.69, 9.17) is 0 Å². The van der Waals surface area contributed by atoms with Crippen molar-refractivity contribution in [1.82, 2.24) is 4.72 Å². The summed E-state index contributed by atoms with van der Waals surface area (Å²) in [5.74, 6) is -1.16. The summed E-state index contributed by atoms with van der Waals surface area (Å²) in [6.45, 7) is 0. The number of sulfonamides is 1. The first-order valence-electron chi connectivity index (χ1n) is 10.1. The molecule has 29 heavy (non-hydrogen) atoms. The predicted octanol–water partition coefficient (Wildman–Crippen LogP) is 3.93. The van der Waals surface area contributed by atoms with Crippen molar-refractivity contribution in [3.05, 3.63) is 70.8 Å². The topological polar surface area (TPSA) is 83.5 Å². The second-order valence-corrected chi connectivity index (χ2v) is 9.54. The van der Waals surface area contributed by atoms with Crippen LogP contribution in [0.5, 0.6) is 0 Å². The molecule has 0 aliphatic heterocycles. The highest BCUT2D eigenvalue weighted by Gasteiger charge is 2.28. The first-order valence-corrected chi connectivity index (χ1v) is 11.6. The van der Waals surface area contributed by atoms with Crippen molar-refractivity contribution in [2.45, 2.75) is 55.9 Å². The van der Waals surface area contributed by atoms with Crippen LogP contribution in [0.4, 0.5) is 0 Å². The zero-order valence-corrected chi connectivity index (χ0v) is 17.0. The summed E-state index contributed by atoms with van der Waals surface area (Å²) < 4.78 is 28.2. The second kappa shape index (κ2) is 8.13. The molecule has 0 amide bonds. The molecule has 0 fully saturated rings. The average molecular weight is 412 g/mol. The Hall–Kier alpha value is -2.44. The highest BCUT2D eigenvalue weighted by atomic mass is 32.2. The summed E-state index contributed by atoms with van der Waals surface area (Å²) in [5.41, 5.74) is 6.00. The molecule has 2 aliphatic carbocycles. The van der Waals surface area contributed by atoms with Crippen LogP contribution in [0.3, 0.4) is 0 Å². The van der Waals surface area contributed by atoms with Crippen LogP contribution in [0.15, 0.2) is 59.0 Å². The van der Waals surface area contributed by atoms with Crippen LogP contribution in [0.1, 0.15) is 48.8 Å². The number of carboxylic acid groups (broad SMARTS) is 1. The minimum Gasteiger partial charge on any atom is -0.480 e.